The molecule has 17 heavy (non-hydrogen) atoms. The topological polar surface area (TPSA) is 26.3 Å². The molecule has 0 rings (SSSR count). The molecule has 0 saturated heterocycles. The first kappa shape index (κ1) is 16.5. The zero-order valence-corrected chi connectivity index (χ0v) is 12.5. The van der Waals surface area contributed by atoms with Gasteiger partial charge >= 0.3 is 5.97 Å². The van der Waals surface area contributed by atoms with Gasteiger partial charge in [0.25, 0.3) is 0 Å². The maximum atomic E-state index is 11.9. The third kappa shape index (κ3) is 8.23. The van der Waals surface area contributed by atoms with Gasteiger partial charge in [-0.05, 0) is 46.0 Å². The minimum absolute atomic E-state index is 0.0698. The fraction of sp³-hybridized carbons (Fsp3) is 0.933. The smallest absolute Gasteiger partial charge is 0.311 e. The van der Waals surface area contributed by atoms with Gasteiger partial charge in [-0.15, -0.1) is 0 Å². The van der Waals surface area contributed by atoms with Crippen molar-refractivity contribution >= 4 is 5.97 Å². The summed E-state index contributed by atoms with van der Waals surface area (Å²) in [7, 11) is 0. The summed E-state index contributed by atoms with van der Waals surface area (Å²) in [6.07, 6.45) is 5.68. The monoisotopic (exact) mass is 242 g/mol. The van der Waals surface area contributed by atoms with E-state index in [0.29, 0.717) is 5.92 Å². The van der Waals surface area contributed by atoms with Crippen LogP contribution < -0.4 is 0 Å². The van der Waals surface area contributed by atoms with Gasteiger partial charge in [-0.3, -0.25) is 4.79 Å². The minimum Gasteiger partial charge on any atom is -0.462 e. The van der Waals surface area contributed by atoms with E-state index in [1.54, 1.807) is 0 Å². The summed E-state index contributed by atoms with van der Waals surface area (Å²) < 4.78 is 5.63. The number of esters is 1. The Kier molecular flexibility index (Phi) is 7.49. The van der Waals surface area contributed by atoms with Gasteiger partial charge in [-0.1, -0.05) is 33.6 Å². The lowest BCUT2D eigenvalue weighted by Crippen LogP contribution is -2.29. The van der Waals surface area contributed by atoms with Crippen molar-refractivity contribution in [3.8, 4) is 0 Å². The highest BCUT2D eigenvalue weighted by Gasteiger charge is 2.26. The van der Waals surface area contributed by atoms with E-state index in [4.69, 9.17) is 4.74 Å². The van der Waals surface area contributed by atoms with Crippen molar-refractivity contribution in [3.63, 3.8) is 0 Å². The molecule has 1 atom stereocenters. The molecule has 102 valence electrons. The first-order valence-corrected chi connectivity index (χ1v) is 6.98. The van der Waals surface area contributed by atoms with E-state index in [0.717, 1.165) is 19.3 Å². The molecule has 0 aliphatic heterocycles. The van der Waals surface area contributed by atoms with Crippen molar-refractivity contribution in [1.29, 1.82) is 0 Å². The molecule has 0 bridgehead atoms. The van der Waals surface area contributed by atoms with Gasteiger partial charge in [0, 0.05) is 0 Å². The number of ether oxygens (including phenoxy) is 1. The summed E-state index contributed by atoms with van der Waals surface area (Å²) >= 11 is 0. The zero-order valence-electron chi connectivity index (χ0n) is 12.5. The van der Waals surface area contributed by atoms with Crippen LogP contribution in [0.25, 0.3) is 0 Å². The van der Waals surface area contributed by atoms with Crippen molar-refractivity contribution in [2.75, 3.05) is 0 Å². The van der Waals surface area contributed by atoms with Gasteiger partial charge in [0.1, 0.15) is 6.10 Å². The van der Waals surface area contributed by atoms with Crippen molar-refractivity contribution in [2.45, 2.75) is 79.8 Å². The number of hydrogen-bond donors (Lipinski definition) is 0. The molecule has 2 nitrogen and oxygen atoms in total. The van der Waals surface area contributed by atoms with E-state index in [2.05, 4.69) is 20.8 Å². The van der Waals surface area contributed by atoms with Crippen LogP contribution in [0.2, 0.25) is 0 Å². The molecule has 0 aliphatic carbocycles. The minimum atomic E-state index is -0.389. The Bertz CT molecular complexity index is 213. The number of rotatable bonds is 7. The summed E-state index contributed by atoms with van der Waals surface area (Å²) in [5.74, 6) is 0.508. The van der Waals surface area contributed by atoms with E-state index < -0.39 is 0 Å². The molecule has 0 fully saturated rings. The normalized spacial score (nSPS) is 13.8. The number of unbranched alkanes of at least 4 members (excludes halogenated alkanes) is 2. The van der Waals surface area contributed by atoms with Gasteiger partial charge < -0.3 is 4.74 Å². The van der Waals surface area contributed by atoms with E-state index in [9.17, 15) is 4.79 Å². The maximum absolute atomic E-state index is 11.9. The Morgan fingerprint density at radius 3 is 2.18 bits per heavy atom. The molecule has 0 aromatic rings. The van der Waals surface area contributed by atoms with E-state index in [-0.39, 0.29) is 17.5 Å². The lowest BCUT2D eigenvalue weighted by molar-refractivity contribution is -0.159. The molecular weight excluding hydrogens is 212 g/mol. The molecule has 0 heterocycles. The molecule has 0 aromatic carbocycles. The fourth-order valence-corrected chi connectivity index (χ4v) is 1.70. The maximum Gasteiger partial charge on any atom is 0.311 e. The summed E-state index contributed by atoms with van der Waals surface area (Å²) in [6, 6.07) is 0. The van der Waals surface area contributed by atoms with E-state index in [1.807, 2.05) is 20.8 Å². The molecule has 0 N–H and O–H groups in total. The average Bonchev–Trinajstić information content (AvgIpc) is 2.15. The van der Waals surface area contributed by atoms with Crippen LogP contribution in [0.4, 0.5) is 0 Å². The third-order valence-corrected chi connectivity index (χ3v) is 2.75. The van der Waals surface area contributed by atoms with Gasteiger partial charge in [0.15, 0.2) is 0 Å². The van der Waals surface area contributed by atoms with Gasteiger partial charge in [0.2, 0.25) is 0 Å². The summed E-state index contributed by atoms with van der Waals surface area (Å²) in [5.41, 5.74) is -0.389. The quantitative estimate of drug-likeness (QED) is 0.483. The average molecular weight is 242 g/mol. The van der Waals surface area contributed by atoms with Crippen LogP contribution in [0.1, 0.15) is 73.6 Å². The van der Waals surface area contributed by atoms with Crippen LogP contribution in [-0.4, -0.2) is 12.1 Å². The van der Waals surface area contributed by atoms with Crippen molar-refractivity contribution in [3.05, 3.63) is 0 Å². The van der Waals surface area contributed by atoms with Crippen molar-refractivity contribution < 1.29 is 9.53 Å². The Labute approximate surface area is 107 Å². The first-order chi connectivity index (χ1) is 7.77. The highest BCUT2D eigenvalue weighted by molar-refractivity contribution is 5.75. The zero-order chi connectivity index (χ0) is 13.5. The molecule has 0 radical (unpaired) electrons. The van der Waals surface area contributed by atoms with Gasteiger partial charge in [-0.25, -0.2) is 0 Å². The second kappa shape index (κ2) is 7.73. The lowest BCUT2D eigenvalue weighted by atomic mass is 9.96. The van der Waals surface area contributed by atoms with Crippen LogP contribution in [0.15, 0.2) is 0 Å². The predicted octanol–water partition coefficient (Wildman–Crippen LogP) is 4.57. The van der Waals surface area contributed by atoms with E-state index >= 15 is 0 Å². The lowest BCUT2D eigenvalue weighted by Gasteiger charge is -2.24. The standard InChI is InChI=1S/C15H30O2/c1-7-8-9-10-13(11-12(2)3)17-14(16)15(4,5)6/h12-13H,7-11H2,1-6H3. The largest absolute Gasteiger partial charge is 0.462 e. The Morgan fingerprint density at radius 2 is 1.76 bits per heavy atom. The molecule has 0 saturated carbocycles. The Balaban J connectivity index is 4.23. The van der Waals surface area contributed by atoms with Crippen LogP contribution in [0, 0.1) is 11.3 Å². The Hall–Kier alpha value is -0.530. The van der Waals surface area contributed by atoms with Gasteiger partial charge in [0.05, 0.1) is 5.41 Å². The van der Waals surface area contributed by atoms with Gasteiger partial charge in [-0.2, -0.15) is 0 Å². The fourth-order valence-electron chi connectivity index (χ4n) is 1.70. The molecule has 0 aliphatic rings. The van der Waals surface area contributed by atoms with Crippen LogP contribution >= 0.6 is 0 Å². The molecular formula is C15H30O2. The summed E-state index contributed by atoms with van der Waals surface area (Å²) in [6.45, 7) is 12.3. The molecule has 1 unspecified atom stereocenters. The second-order valence-electron chi connectivity index (χ2n) is 6.40. The second-order valence-corrected chi connectivity index (χ2v) is 6.40. The third-order valence-electron chi connectivity index (χ3n) is 2.75. The highest BCUT2D eigenvalue weighted by Crippen LogP contribution is 2.21. The molecule has 0 amide bonds. The van der Waals surface area contributed by atoms with Crippen molar-refractivity contribution in [1.82, 2.24) is 0 Å². The molecule has 0 spiro atoms. The number of carbonyl (C=O) groups is 1. The van der Waals surface area contributed by atoms with E-state index in [1.165, 1.54) is 12.8 Å². The molecule has 0 aromatic heterocycles. The number of hydrogen-bond acceptors (Lipinski definition) is 2. The highest BCUT2D eigenvalue weighted by atomic mass is 16.5. The first-order valence-electron chi connectivity index (χ1n) is 6.98. The van der Waals surface area contributed by atoms with Crippen molar-refractivity contribution in [2.24, 2.45) is 11.3 Å². The summed E-state index contributed by atoms with van der Waals surface area (Å²) in [5, 5.41) is 0. The van der Waals surface area contributed by atoms with Crippen LogP contribution in [0.5, 0.6) is 0 Å². The van der Waals surface area contributed by atoms with Crippen LogP contribution in [-0.2, 0) is 9.53 Å². The number of carbonyl (C=O) groups excluding carboxylic acids is 1. The van der Waals surface area contributed by atoms with Crippen LogP contribution in [0.3, 0.4) is 0 Å². The SMILES string of the molecule is CCCCCC(CC(C)C)OC(=O)C(C)(C)C. The predicted molar refractivity (Wildman–Crippen MR) is 72.9 cm³/mol. The Morgan fingerprint density at radius 1 is 1.18 bits per heavy atom. The summed E-state index contributed by atoms with van der Waals surface area (Å²) in [4.78, 5) is 11.9. The molecule has 2 heteroatoms.